The van der Waals surface area contributed by atoms with E-state index in [2.05, 4.69) is 10.6 Å². The van der Waals surface area contributed by atoms with Gasteiger partial charge in [-0.25, -0.2) is 4.79 Å². The summed E-state index contributed by atoms with van der Waals surface area (Å²) in [4.78, 5) is 13.0. The van der Waals surface area contributed by atoms with Crippen LogP contribution in [-0.2, 0) is 6.54 Å². The van der Waals surface area contributed by atoms with Crippen LogP contribution in [0.15, 0.2) is 53.4 Å². The van der Waals surface area contributed by atoms with Crippen molar-refractivity contribution in [3.8, 4) is 5.75 Å². The molecule has 0 unspecified atom stereocenters. The second kappa shape index (κ2) is 7.59. The summed E-state index contributed by atoms with van der Waals surface area (Å²) < 4.78 is 5.09. The molecule has 5 heteroatoms. The molecule has 2 N–H and O–H groups in total. The van der Waals surface area contributed by atoms with Gasteiger partial charge in [-0.1, -0.05) is 18.2 Å². The Bertz CT molecular complexity index is 599. The largest absolute Gasteiger partial charge is 0.497 e. The van der Waals surface area contributed by atoms with Gasteiger partial charge >= 0.3 is 6.03 Å². The van der Waals surface area contributed by atoms with Crippen molar-refractivity contribution in [2.75, 3.05) is 18.7 Å². The molecule has 4 nitrogen and oxygen atoms in total. The number of amides is 2. The Morgan fingerprint density at radius 3 is 2.62 bits per heavy atom. The zero-order valence-electron chi connectivity index (χ0n) is 12.1. The van der Waals surface area contributed by atoms with Crippen LogP contribution in [0.4, 0.5) is 10.5 Å². The van der Waals surface area contributed by atoms with Gasteiger partial charge in [0.2, 0.25) is 0 Å². The van der Waals surface area contributed by atoms with Gasteiger partial charge in [-0.15, -0.1) is 11.8 Å². The number of carbonyl (C=O) groups is 1. The summed E-state index contributed by atoms with van der Waals surface area (Å²) >= 11 is 1.64. The fourth-order valence-electron chi connectivity index (χ4n) is 1.80. The molecule has 0 atom stereocenters. The van der Waals surface area contributed by atoms with Crippen molar-refractivity contribution >= 4 is 23.5 Å². The molecule has 0 aliphatic heterocycles. The second-order valence-corrected chi connectivity index (χ2v) is 5.27. The maximum Gasteiger partial charge on any atom is 0.319 e. The van der Waals surface area contributed by atoms with Gasteiger partial charge in [-0.05, 0) is 42.2 Å². The maximum atomic E-state index is 11.9. The highest BCUT2D eigenvalue weighted by molar-refractivity contribution is 7.98. The van der Waals surface area contributed by atoms with Gasteiger partial charge in [0.1, 0.15) is 5.75 Å². The SMILES string of the molecule is COc1ccc(CNC(=O)Nc2cccc(SC)c2)cc1. The Kier molecular flexibility index (Phi) is 5.51. The highest BCUT2D eigenvalue weighted by Gasteiger charge is 2.02. The molecular weight excluding hydrogens is 284 g/mol. The minimum Gasteiger partial charge on any atom is -0.497 e. The molecule has 0 fully saturated rings. The fourth-order valence-corrected chi connectivity index (χ4v) is 2.26. The highest BCUT2D eigenvalue weighted by atomic mass is 32.2. The summed E-state index contributed by atoms with van der Waals surface area (Å²) in [6.07, 6.45) is 2.00. The van der Waals surface area contributed by atoms with Crippen molar-refractivity contribution in [2.24, 2.45) is 0 Å². The molecule has 0 spiro atoms. The molecule has 2 rings (SSSR count). The van der Waals surface area contributed by atoms with Crippen molar-refractivity contribution in [2.45, 2.75) is 11.4 Å². The van der Waals surface area contributed by atoms with Crippen molar-refractivity contribution in [3.05, 3.63) is 54.1 Å². The molecule has 0 bridgehead atoms. The van der Waals surface area contributed by atoms with E-state index >= 15 is 0 Å². The number of nitrogens with one attached hydrogen (secondary N) is 2. The average Bonchev–Trinajstić information content (AvgIpc) is 2.53. The van der Waals surface area contributed by atoms with Crippen molar-refractivity contribution < 1.29 is 9.53 Å². The molecule has 0 saturated carbocycles. The second-order valence-electron chi connectivity index (χ2n) is 4.39. The van der Waals surface area contributed by atoms with Crippen LogP contribution < -0.4 is 15.4 Å². The van der Waals surface area contributed by atoms with Crippen LogP contribution in [0.2, 0.25) is 0 Å². The minimum atomic E-state index is -0.218. The van der Waals surface area contributed by atoms with Crippen LogP contribution in [0.1, 0.15) is 5.56 Å². The first-order valence-corrected chi connectivity index (χ1v) is 7.75. The lowest BCUT2D eigenvalue weighted by Gasteiger charge is -2.09. The van der Waals surface area contributed by atoms with Crippen molar-refractivity contribution in [1.82, 2.24) is 5.32 Å². The van der Waals surface area contributed by atoms with Crippen LogP contribution in [0.3, 0.4) is 0 Å². The molecule has 0 aliphatic carbocycles. The van der Waals surface area contributed by atoms with Crippen molar-refractivity contribution in [1.29, 1.82) is 0 Å². The van der Waals surface area contributed by atoms with E-state index in [0.717, 1.165) is 21.9 Å². The fraction of sp³-hybridized carbons (Fsp3) is 0.188. The number of carbonyl (C=O) groups excluding carboxylic acids is 1. The maximum absolute atomic E-state index is 11.9. The summed E-state index contributed by atoms with van der Waals surface area (Å²) in [6, 6.07) is 15.1. The molecule has 0 aromatic heterocycles. The van der Waals surface area contributed by atoms with E-state index in [0.29, 0.717) is 6.54 Å². The Morgan fingerprint density at radius 2 is 1.95 bits per heavy atom. The number of benzene rings is 2. The predicted octanol–water partition coefficient (Wildman–Crippen LogP) is 3.74. The number of hydrogen-bond donors (Lipinski definition) is 2. The average molecular weight is 302 g/mol. The van der Waals surface area contributed by atoms with Gasteiger partial charge in [-0.2, -0.15) is 0 Å². The van der Waals surface area contributed by atoms with Gasteiger partial charge in [-0.3, -0.25) is 0 Å². The van der Waals surface area contributed by atoms with E-state index in [1.807, 2.05) is 54.8 Å². The van der Waals surface area contributed by atoms with Gasteiger partial charge < -0.3 is 15.4 Å². The smallest absolute Gasteiger partial charge is 0.319 e. The third-order valence-electron chi connectivity index (χ3n) is 2.94. The molecule has 21 heavy (non-hydrogen) atoms. The minimum absolute atomic E-state index is 0.218. The normalized spacial score (nSPS) is 10.0. The Morgan fingerprint density at radius 1 is 1.19 bits per heavy atom. The Balaban J connectivity index is 1.86. The number of ether oxygens (including phenoxy) is 1. The van der Waals surface area contributed by atoms with Crippen molar-refractivity contribution in [3.63, 3.8) is 0 Å². The zero-order valence-corrected chi connectivity index (χ0v) is 12.9. The lowest BCUT2D eigenvalue weighted by molar-refractivity contribution is 0.251. The van der Waals surface area contributed by atoms with E-state index in [-0.39, 0.29) is 6.03 Å². The van der Waals surface area contributed by atoms with E-state index in [1.165, 1.54) is 0 Å². The molecule has 2 aromatic carbocycles. The monoisotopic (exact) mass is 302 g/mol. The summed E-state index contributed by atoms with van der Waals surface area (Å²) in [5, 5.41) is 5.65. The zero-order chi connectivity index (χ0) is 15.1. The van der Waals surface area contributed by atoms with E-state index in [9.17, 15) is 4.79 Å². The van der Waals surface area contributed by atoms with E-state index in [4.69, 9.17) is 4.74 Å². The molecule has 110 valence electrons. The van der Waals surface area contributed by atoms with E-state index < -0.39 is 0 Å². The van der Waals surface area contributed by atoms with Crippen LogP contribution in [0.5, 0.6) is 5.75 Å². The van der Waals surface area contributed by atoms with Crippen LogP contribution in [0.25, 0.3) is 0 Å². The Labute approximate surface area is 128 Å². The Hall–Kier alpha value is -2.14. The summed E-state index contributed by atoms with van der Waals surface area (Å²) in [6.45, 7) is 0.470. The third kappa shape index (κ3) is 4.72. The highest BCUT2D eigenvalue weighted by Crippen LogP contribution is 2.18. The number of rotatable bonds is 5. The topological polar surface area (TPSA) is 50.4 Å². The molecule has 2 aromatic rings. The van der Waals surface area contributed by atoms with Gasteiger partial charge in [0.15, 0.2) is 0 Å². The number of thioether (sulfide) groups is 1. The van der Waals surface area contributed by atoms with Gasteiger partial charge in [0, 0.05) is 17.1 Å². The predicted molar refractivity (Wildman–Crippen MR) is 87.1 cm³/mol. The lowest BCUT2D eigenvalue weighted by atomic mass is 10.2. The first kappa shape index (κ1) is 15.3. The molecule has 0 radical (unpaired) electrons. The number of anilines is 1. The van der Waals surface area contributed by atoms with Gasteiger partial charge in [0.05, 0.1) is 7.11 Å². The molecule has 0 saturated heterocycles. The summed E-state index contributed by atoms with van der Waals surface area (Å²) in [5.74, 6) is 0.803. The summed E-state index contributed by atoms with van der Waals surface area (Å²) in [5.41, 5.74) is 1.80. The quantitative estimate of drug-likeness (QED) is 0.827. The van der Waals surface area contributed by atoms with Crippen LogP contribution in [0, 0.1) is 0 Å². The number of urea groups is 1. The lowest BCUT2D eigenvalue weighted by Crippen LogP contribution is -2.28. The number of hydrogen-bond acceptors (Lipinski definition) is 3. The molecule has 0 aliphatic rings. The first-order valence-electron chi connectivity index (χ1n) is 6.53. The standard InChI is InChI=1S/C16H18N2O2S/c1-20-14-8-6-12(7-9-14)11-17-16(19)18-13-4-3-5-15(10-13)21-2/h3-10H,11H2,1-2H3,(H2,17,18,19). The van der Waals surface area contributed by atoms with E-state index in [1.54, 1.807) is 18.9 Å². The molecule has 0 heterocycles. The van der Waals surface area contributed by atoms with Crippen LogP contribution >= 0.6 is 11.8 Å². The summed E-state index contributed by atoms with van der Waals surface area (Å²) in [7, 11) is 1.63. The third-order valence-corrected chi connectivity index (χ3v) is 3.67. The van der Waals surface area contributed by atoms with Crippen LogP contribution in [-0.4, -0.2) is 19.4 Å². The number of methoxy groups -OCH3 is 1. The first-order chi connectivity index (χ1) is 10.2. The molecule has 2 amide bonds. The van der Waals surface area contributed by atoms with Gasteiger partial charge in [0.25, 0.3) is 0 Å². The molecular formula is C16H18N2O2S.